The van der Waals surface area contributed by atoms with Crippen molar-refractivity contribution in [2.45, 2.75) is 0 Å². The van der Waals surface area contributed by atoms with Crippen LogP contribution in [0.25, 0.3) is 0 Å². The number of carbonyl (C=O) groups excluding carboxylic acids is 1. The predicted octanol–water partition coefficient (Wildman–Crippen LogP) is 2.80. The number of nitrogen functional groups attached to an aromatic ring is 1. The number of rotatable bonds is 4. The van der Waals surface area contributed by atoms with Crippen molar-refractivity contribution < 1.29 is 4.79 Å². The average molecular weight is 323 g/mol. The lowest BCUT2D eigenvalue weighted by Gasteiger charge is -2.17. The van der Waals surface area contributed by atoms with Crippen molar-refractivity contribution in [3.8, 4) is 0 Å². The zero-order valence-corrected chi connectivity index (χ0v) is 13.0. The van der Waals surface area contributed by atoms with Gasteiger partial charge in [-0.2, -0.15) is 5.10 Å². The Hall–Kier alpha value is -3.55. The van der Waals surface area contributed by atoms with Crippen LogP contribution in [0.5, 0.6) is 0 Å². The van der Waals surface area contributed by atoms with E-state index in [4.69, 9.17) is 5.73 Å². The lowest BCUT2D eigenvalue weighted by atomic mass is 10.3. The summed E-state index contributed by atoms with van der Waals surface area (Å²) < 4.78 is 0. The van der Waals surface area contributed by atoms with E-state index in [-0.39, 0.29) is 6.03 Å². The number of aromatic nitrogens is 3. The number of H-pyrrole nitrogens is 1. The summed E-state index contributed by atoms with van der Waals surface area (Å²) in [4.78, 5) is 17.9. The van der Waals surface area contributed by atoms with Gasteiger partial charge in [0.1, 0.15) is 11.5 Å². The molecule has 0 saturated carbocycles. The van der Waals surface area contributed by atoms with E-state index >= 15 is 0 Å². The summed E-state index contributed by atoms with van der Waals surface area (Å²) in [6.45, 7) is 0. The van der Waals surface area contributed by atoms with Gasteiger partial charge in [-0.15, -0.1) is 0 Å². The molecule has 2 aromatic heterocycles. The molecular weight excluding hydrogens is 306 g/mol. The standard InChI is InChI=1S/C16H17N7O/c1-23(12-7-3-2-4-8-12)16(24)20-15-13(14(17)21-22-15)19-11-6-5-9-18-10-11/h2-10,19H,1H3,(H4,17,20,21,22,24). The van der Waals surface area contributed by atoms with Gasteiger partial charge in [-0.05, 0) is 24.3 Å². The molecule has 1 aromatic carbocycles. The molecule has 3 aromatic rings. The summed E-state index contributed by atoms with van der Waals surface area (Å²) in [6.07, 6.45) is 3.32. The van der Waals surface area contributed by atoms with E-state index in [9.17, 15) is 4.79 Å². The maximum absolute atomic E-state index is 12.4. The van der Waals surface area contributed by atoms with Crippen LogP contribution < -0.4 is 21.3 Å². The van der Waals surface area contributed by atoms with Crippen molar-refractivity contribution in [2.75, 3.05) is 28.3 Å². The van der Waals surface area contributed by atoms with Crippen molar-refractivity contribution in [3.05, 3.63) is 54.9 Å². The van der Waals surface area contributed by atoms with Crippen LogP contribution in [0.3, 0.4) is 0 Å². The molecule has 0 atom stereocenters. The SMILES string of the molecule is CN(C(=O)Nc1n[nH]c(N)c1Nc1cccnc1)c1ccccc1. The molecule has 5 N–H and O–H groups in total. The molecule has 3 rings (SSSR count). The van der Waals surface area contributed by atoms with Crippen molar-refractivity contribution in [3.63, 3.8) is 0 Å². The first kappa shape index (κ1) is 15.3. The number of carbonyl (C=O) groups is 1. The van der Waals surface area contributed by atoms with Gasteiger partial charge in [0.15, 0.2) is 5.82 Å². The number of hydrogen-bond donors (Lipinski definition) is 4. The van der Waals surface area contributed by atoms with E-state index in [1.807, 2.05) is 36.4 Å². The molecule has 0 bridgehead atoms. The number of urea groups is 1. The van der Waals surface area contributed by atoms with Crippen molar-refractivity contribution in [1.82, 2.24) is 15.2 Å². The van der Waals surface area contributed by atoms with E-state index in [1.54, 1.807) is 25.5 Å². The topological polar surface area (TPSA) is 112 Å². The number of amides is 2. The van der Waals surface area contributed by atoms with Crippen LogP contribution in [0.1, 0.15) is 0 Å². The third-order valence-electron chi connectivity index (χ3n) is 3.40. The van der Waals surface area contributed by atoms with E-state index in [1.165, 1.54) is 4.90 Å². The van der Waals surface area contributed by atoms with Gasteiger partial charge in [0.2, 0.25) is 0 Å². The summed E-state index contributed by atoms with van der Waals surface area (Å²) >= 11 is 0. The van der Waals surface area contributed by atoms with Crippen molar-refractivity contribution in [2.24, 2.45) is 0 Å². The largest absolute Gasteiger partial charge is 0.382 e. The van der Waals surface area contributed by atoms with Crippen LogP contribution in [-0.2, 0) is 0 Å². The molecular formula is C16H17N7O. The van der Waals surface area contributed by atoms with Gasteiger partial charge in [-0.3, -0.25) is 20.3 Å². The van der Waals surface area contributed by atoms with E-state index in [0.717, 1.165) is 11.4 Å². The number of nitrogens with two attached hydrogens (primary N) is 1. The number of pyridine rings is 1. The Morgan fingerprint density at radius 3 is 2.71 bits per heavy atom. The van der Waals surface area contributed by atoms with Crippen LogP contribution in [0, 0.1) is 0 Å². The van der Waals surface area contributed by atoms with Crippen LogP contribution in [0.2, 0.25) is 0 Å². The fourth-order valence-electron chi connectivity index (χ4n) is 2.11. The Bertz CT molecular complexity index is 817. The molecule has 0 spiro atoms. The Balaban J connectivity index is 1.77. The first-order chi connectivity index (χ1) is 11.6. The first-order valence-electron chi connectivity index (χ1n) is 7.26. The van der Waals surface area contributed by atoms with Crippen molar-refractivity contribution in [1.29, 1.82) is 0 Å². The van der Waals surface area contributed by atoms with Crippen LogP contribution in [-0.4, -0.2) is 28.3 Å². The zero-order valence-electron chi connectivity index (χ0n) is 13.0. The van der Waals surface area contributed by atoms with Gasteiger partial charge < -0.3 is 11.1 Å². The highest BCUT2D eigenvalue weighted by molar-refractivity contribution is 6.03. The fraction of sp³-hybridized carbons (Fsp3) is 0.0625. The summed E-state index contributed by atoms with van der Waals surface area (Å²) in [5, 5.41) is 12.5. The molecule has 0 aliphatic carbocycles. The summed E-state index contributed by atoms with van der Waals surface area (Å²) in [6, 6.07) is 12.6. The second-order valence-corrected chi connectivity index (χ2v) is 5.05. The maximum atomic E-state index is 12.4. The number of anilines is 5. The Kier molecular flexibility index (Phi) is 4.28. The highest BCUT2D eigenvalue weighted by Gasteiger charge is 2.17. The Morgan fingerprint density at radius 2 is 2.00 bits per heavy atom. The molecule has 2 amide bonds. The molecule has 0 aliphatic heterocycles. The molecule has 0 radical (unpaired) electrons. The Labute approximate surface area is 138 Å². The second-order valence-electron chi connectivity index (χ2n) is 5.05. The minimum absolute atomic E-state index is 0.309. The molecule has 8 heteroatoms. The smallest absolute Gasteiger partial charge is 0.327 e. The first-order valence-corrected chi connectivity index (χ1v) is 7.26. The minimum atomic E-state index is -0.332. The summed E-state index contributed by atoms with van der Waals surface area (Å²) in [5.74, 6) is 0.626. The number of benzene rings is 1. The highest BCUT2D eigenvalue weighted by atomic mass is 16.2. The molecule has 0 saturated heterocycles. The number of para-hydroxylation sites is 1. The molecule has 8 nitrogen and oxygen atoms in total. The average Bonchev–Trinajstić information content (AvgIpc) is 2.96. The van der Waals surface area contributed by atoms with E-state index < -0.39 is 0 Å². The van der Waals surface area contributed by atoms with E-state index in [2.05, 4.69) is 25.8 Å². The van der Waals surface area contributed by atoms with Crippen molar-refractivity contribution >= 4 is 34.7 Å². The van der Waals surface area contributed by atoms with Crippen LogP contribution >= 0.6 is 0 Å². The number of aromatic amines is 1. The second kappa shape index (κ2) is 6.69. The minimum Gasteiger partial charge on any atom is -0.382 e. The predicted molar refractivity (Wildman–Crippen MR) is 94.4 cm³/mol. The number of hydrogen-bond acceptors (Lipinski definition) is 5. The monoisotopic (exact) mass is 323 g/mol. The molecule has 2 heterocycles. The van der Waals surface area contributed by atoms with Gasteiger partial charge in [0.25, 0.3) is 0 Å². The number of nitrogens with zero attached hydrogens (tertiary/aromatic N) is 3. The number of nitrogens with one attached hydrogen (secondary N) is 3. The van der Waals surface area contributed by atoms with Gasteiger partial charge in [-0.25, -0.2) is 4.79 Å². The van der Waals surface area contributed by atoms with Gasteiger partial charge >= 0.3 is 6.03 Å². The summed E-state index contributed by atoms with van der Waals surface area (Å²) in [7, 11) is 1.68. The third-order valence-corrected chi connectivity index (χ3v) is 3.40. The fourth-order valence-corrected chi connectivity index (χ4v) is 2.11. The summed E-state index contributed by atoms with van der Waals surface area (Å²) in [5.41, 5.74) is 7.87. The third kappa shape index (κ3) is 3.27. The van der Waals surface area contributed by atoms with E-state index in [0.29, 0.717) is 17.3 Å². The quantitative estimate of drug-likeness (QED) is 0.590. The molecule has 24 heavy (non-hydrogen) atoms. The molecule has 0 unspecified atom stereocenters. The highest BCUT2D eigenvalue weighted by Crippen LogP contribution is 2.29. The molecule has 0 fully saturated rings. The van der Waals surface area contributed by atoms with Gasteiger partial charge in [0, 0.05) is 18.9 Å². The maximum Gasteiger partial charge on any atom is 0.327 e. The van der Waals surface area contributed by atoms with Crippen LogP contribution in [0.4, 0.5) is 33.5 Å². The van der Waals surface area contributed by atoms with Gasteiger partial charge in [-0.1, -0.05) is 18.2 Å². The molecule has 122 valence electrons. The molecule has 0 aliphatic rings. The van der Waals surface area contributed by atoms with Gasteiger partial charge in [0.05, 0.1) is 11.9 Å². The lowest BCUT2D eigenvalue weighted by Crippen LogP contribution is -2.31. The van der Waals surface area contributed by atoms with Crippen LogP contribution in [0.15, 0.2) is 54.9 Å². The zero-order chi connectivity index (χ0) is 16.9. The lowest BCUT2D eigenvalue weighted by molar-refractivity contribution is 0.258. The normalized spacial score (nSPS) is 10.2. The Morgan fingerprint density at radius 1 is 1.21 bits per heavy atom.